The molecule has 0 aliphatic rings. The van der Waals surface area contributed by atoms with Crippen molar-refractivity contribution in [2.24, 2.45) is 0 Å². The molecule has 0 saturated heterocycles. The molecule has 0 N–H and O–H groups in total. The van der Waals surface area contributed by atoms with Crippen LogP contribution >= 0.6 is 0 Å². The van der Waals surface area contributed by atoms with Crippen LogP contribution in [0, 0.1) is 36.8 Å². The minimum Gasteiger partial charge on any atom is -0.488 e. The van der Waals surface area contributed by atoms with E-state index in [0.717, 1.165) is 17.2 Å². The van der Waals surface area contributed by atoms with Crippen LogP contribution in [0.4, 0.5) is 8.78 Å². The van der Waals surface area contributed by atoms with Crippen LogP contribution in [0.2, 0.25) is 0 Å². The number of aryl methyl sites for hydroxylation is 2. The van der Waals surface area contributed by atoms with Gasteiger partial charge in [0.05, 0.1) is 11.6 Å². The average Bonchev–Trinajstić information content (AvgIpc) is 2.39. The Hall–Kier alpha value is -2.41. The lowest BCUT2D eigenvalue weighted by Crippen LogP contribution is -2.02. The molecule has 0 spiro atoms. The summed E-state index contributed by atoms with van der Waals surface area (Å²) in [6.07, 6.45) is 0. The fourth-order valence-electron chi connectivity index (χ4n) is 2.03. The Bertz CT molecular complexity index is 666. The molecule has 0 aliphatic heterocycles. The smallest absolute Gasteiger partial charge is 0.132 e. The van der Waals surface area contributed by atoms with E-state index in [2.05, 4.69) is 6.07 Å². The number of nitriles is 1. The van der Waals surface area contributed by atoms with Gasteiger partial charge in [0.25, 0.3) is 0 Å². The molecule has 2 rings (SSSR count). The highest BCUT2D eigenvalue weighted by molar-refractivity contribution is 5.47. The van der Waals surface area contributed by atoms with E-state index < -0.39 is 11.6 Å². The topological polar surface area (TPSA) is 33.0 Å². The third-order valence-electron chi connectivity index (χ3n) is 2.98. The average molecular weight is 273 g/mol. The van der Waals surface area contributed by atoms with E-state index in [0.29, 0.717) is 11.3 Å². The Labute approximate surface area is 116 Å². The Balaban J connectivity index is 2.21. The van der Waals surface area contributed by atoms with Crippen LogP contribution in [-0.2, 0) is 6.61 Å². The minimum atomic E-state index is -0.631. The van der Waals surface area contributed by atoms with Crippen molar-refractivity contribution >= 4 is 0 Å². The monoisotopic (exact) mass is 273 g/mol. The maximum atomic E-state index is 13.5. The molecular formula is C16H13F2NO. The zero-order chi connectivity index (χ0) is 14.7. The molecule has 0 amide bonds. The lowest BCUT2D eigenvalue weighted by atomic mass is 10.1. The van der Waals surface area contributed by atoms with E-state index in [1.54, 1.807) is 12.1 Å². The molecule has 0 radical (unpaired) electrons. The van der Waals surface area contributed by atoms with Crippen molar-refractivity contribution in [3.8, 4) is 11.8 Å². The SMILES string of the molecule is Cc1cc(C#N)cc(C)c1OCc1ccc(F)cc1F. The molecule has 0 aromatic heterocycles. The zero-order valence-electron chi connectivity index (χ0n) is 11.2. The second-order valence-corrected chi connectivity index (χ2v) is 4.58. The third kappa shape index (κ3) is 2.94. The molecule has 0 fully saturated rings. The molecule has 4 heteroatoms. The first-order chi connectivity index (χ1) is 9.51. The van der Waals surface area contributed by atoms with Crippen LogP contribution in [0.25, 0.3) is 0 Å². The summed E-state index contributed by atoms with van der Waals surface area (Å²) in [5, 5.41) is 8.87. The van der Waals surface area contributed by atoms with Crippen LogP contribution in [0.15, 0.2) is 30.3 Å². The molecule has 0 bridgehead atoms. The fraction of sp³-hybridized carbons (Fsp3) is 0.188. The second-order valence-electron chi connectivity index (χ2n) is 4.58. The van der Waals surface area contributed by atoms with Gasteiger partial charge >= 0.3 is 0 Å². The Morgan fingerprint density at radius 1 is 1.10 bits per heavy atom. The molecule has 2 nitrogen and oxygen atoms in total. The van der Waals surface area contributed by atoms with E-state index in [1.165, 1.54) is 12.1 Å². The van der Waals surface area contributed by atoms with Gasteiger partial charge in [-0.15, -0.1) is 0 Å². The van der Waals surface area contributed by atoms with Gasteiger partial charge in [-0.1, -0.05) is 0 Å². The summed E-state index contributed by atoms with van der Waals surface area (Å²) in [4.78, 5) is 0. The van der Waals surface area contributed by atoms with E-state index in [9.17, 15) is 8.78 Å². The Morgan fingerprint density at radius 2 is 1.75 bits per heavy atom. The maximum Gasteiger partial charge on any atom is 0.132 e. The van der Waals surface area contributed by atoms with Gasteiger partial charge in [0, 0.05) is 11.6 Å². The molecule has 2 aromatic rings. The number of benzene rings is 2. The first-order valence-electron chi connectivity index (χ1n) is 6.09. The van der Waals surface area contributed by atoms with Gasteiger partial charge in [-0.25, -0.2) is 8.78 Å². The molecule has 0 aliphatic carbocycles. The normalized spacial score (nSPS) is 10.2. The van der Waals surface area contributed by atoms with Crippen molar-refractivity contribution < 1.29 is 13.5 Å². The summed E-state index contributed by atoms with van der Waals surface area (Å²) in [6.45, 7) is 3.66. The highest BCUT2D eigenvalue weighted by atomic mass is 19.1. The van der Waals surface area contributed by atoms with Crippen molar-refractivity contribution in [2.75, 3.05) is 0 Å². The Kier molecular flexibility index (Phi) is 3.99. The zero-order valence-corrected chi connectivity index (χ0v) is 11.2. The number of nitrogens with zero attached hydrogens (tertiary/aromatic N) is 1. The summed E-state index contributed by atoms with van der Waals surface area (Å²) in [7, 11) is 0. The van der Waals surface area contributed by atoms with Gasteiger partial charge in [0.1, 0.15) is 24.0 Å². The van der Waals surface area contributed by atoms with Crippen LogP contribution in [0.5, 0.6) is 5.75 Å². The summed E-state index contributed by atoms with van der Waals surface area (Å²) in [5.41, 5.74) is 2.46. The fourth-order valence-corrected chi connectivity index (χ4v) is 2.03. The minimum absolute atomic E-state index is 0.0136. The summed E-state index contributed by atoms with van der Waals surface area (Å²) in [5.74, 6) is -0.626. The van der Waals surface area contributed by atoms with Crippen LogP contribution in [0.3, 0.4) is 0 Å². The third-order valence-corrected chi connectivity index (χ3v) is 2.98. The van der Waals surface area contributed by atoms with E-state index in [1.807, 2.05) is 13.8 Å². The molecule has 20 heavy (non-hydrogen) atoms. The molecule has 0 atom stereocenters. The lowest BCUT2D eigenvalue weighted by Gasteiger charge is -2.13. The predicted molar refractivity (Wildman–Crippen MR) is 71.3 cm³/mol. The maximum absolute atomic E-state index is 13.5. The second kappa shape index (κ2) is 5.70. The standard InChI is InChI=1S/C16H13F2NO/c1-10-5-12(8-19)6-11(2)16(10)20-9-13-3-4-14(17)7-15(13)18/h3-7H,9H2,1-2H3. The van der Waals surface area contributed by atoms with Gasteiger partial charge in [0.2, 0.25) is 0 Å². The van der Waals surface area contributed by atoms with E-state index in [-0.39, 0.29) is 12.2 Å². The summed E-state index contributed by atoms with van der Waals surface area (Å²) in [6, 6.07) is 8.88. The van der Waals surface area contributed by atoms with Gasteiger partial charge in [0.15, 0.2) is 0 Å². The first-order valence-corrected chi connectivity index (χ1v) is 6.09. The highest BCUT2D eigenvalue weighted by Crippen LogP contribution is 2.26. The van der Waals surface area contributed by atoms with Gasteiger partial charge in [-0.3, -0.25) is 0 Å². The van der Waals surface area contributed by atoms with Crippen molar-refractivity contribution in [1.29, 1.82) is 5.26 Å². The predicted octanol–water partition coefficient (Wildman–Crippen LogP) is 4.03. The van der Waals surface area contributed by atoms with Crippen molar-refractivity contribution in [3.63, 3.8) is 0 Å². The number of rotatable bonds is 3. The Morgan fingerprint density at radius 3 is 2.30 bits per heavy atom. The summed E-state index contributed by atoms with van der Waals surface area (Å²) >= 11 is 0. The molecule has 0 saturated carbocycles. The highest BCUT2D eigenvalue weighted by Gasteiger charge is 2.09. The van der Waals surface area contributed by atoms with E-state index >= 15 is 0 Å². The molecule has 0 unspecified atom stereocenters. The number of halogens is 2. The van der Waals surface area contributed by atoms with Gasteiger partial charge in [-0.05, 0) is 49.2 Å². The van der Waals surface area contributed by atoms with Gasteiger partial charge in [-0.2, -0.15) is 5.26 Å². The first kappa shape index (κ1) is 14.0. The largest absolute Gasteiger partial charge is 0.488 e. The van der Waals surface area contributed by atoms with Gasteiger partial charge < -0.3 is 4.74 Å². The van der Waals surface area contributed by atoms with Crippen molar-refractivity contribution in [1.82, 2.24) is 0 Å². The van der Waals surface area contributed by atoms with Crippen LogP contribution < -0.4 is 4.74 Å². The molecular weight excluding hydrogens is 260 g/mol. The van der Waals surface area contributed by atoms with Crippen LogP contribution in [-0.4, -0.2) is 0 Å². The summed E-state index contributed by atoms with van der Waals surface area (Å²) < 4.78 is 31.9. The number of hydrogen-bond donors (Lipinski definition) is 0. The molecule has 0 heterocycles. The van der Waals surface area contributed by atoms with Crippen molar-refractivity contribution in [3.05, 3.63) is 64.2 Å². The number of hydrogen-bond acceptors (Lipinski definition) is 2. The molecule has 102 valence electrons. The number of ether oxygens (including phenoxy) is 1. The lowest BCUT2D eigenvalue weighted by molar-refractivity contribution is 0.295. The van der Waals surface area contributed by atoms with E-state index in [4.69, 9.17) is 10.00 Å². The van der Waals surface area contributed by atoms with Crippen LogP contribution in [0.1, 0.15) is 22.3 Å². The molecule has 2 aromatic carbocycles. The quantitative estimate of drug-likeness (QED) is 0.845. The van der Waals surface area contributed by atoms with Crippen molar-refractivity contribution in [2.45, 2.75) is 20.5 Å².